The first-order chi connectivity index (χ1) is 9.67. The summed E-state index contributed by atoms with van der Waals surface area (Å²) in [6.07, 6.45) is 1.27. The Bertz CT molecular complexity index is 587. The number of ether oxygens (including phenoxy) is 1. The summed E-state index contributed by atoms with van der Waals surface area (Å²) >= 11 is 3.35. The van der Waals surface area contributed by atoms with Gasteiger partial charge in [-0.15, -0.1) is 0 Å². The van der Waals surface area contributed by atoms with Gasteiger partial charge in [0.2, 0.25) is 0 Å². The number of amides is 1. The summed E-state index contributed by atoms with van der Waals surface area (Å²) < 4.78 is 5.50. The average molecular weight is 336 g/mol. The molecule has 0 atom stereocenters. The summed E-state index contributed by atoms with van der Waals surface area (Å²) in [5.74, 6) is 0. The molecule has 1 amide bonds. The highest BCUT2D eigenvalue weighted by Gasteiger charge is 2.01. The average Bonchev–Trinajstić information content (AvgIpc) is 2.47. The molecule has 0 fully saturated rings. The van der Waals surface area contributed by atoms with E-state index in [1.807, 2.05) is 30.3 Å². The van der Waals surface area contributed by atoms with Gasteiger partial charge in [-0.25, -0.2) is 4.79 Å². The molecule has 1 aromatic heterocycles. The van der Waals surface area contributed by atoms with E-state index in [0.717, 1.165) is 15.9 Å². The smallest absolute Gasteiger partial charge is 0.411 e. The minimum absolute atomic E-state index is 0.489. The SMILES string of the molecule is COC(=O)Nc1cccc(NCc2ccc(Br)cn2)c1. The Labute approximate surface area is 125 Å². The molecule has 0 saturated heterocycles. The summed E-state index contributed by atoms with van der Waals surface area (Å²) in [6.45, 7) is 0.606. The van der Waals surface area contributed by atoms with Gasteiger partial charge in [0.15, 0.2) is 0 Å². The van der Waals surface area contributed by atoms with Crippen LogP contribution in [0.2, 0.25) is 0 Å². The van der Waals surface area contributed by atoms with Gasteiger partial charge in [-0.2, -0.15) is 0 Å². The van der Waals surface area contributed by atoms with Crippen molar-refractivity contribution in [2.75, 3.05) is 17.7 Å². The molecule has 1 heterocycles. The number of benzene rings is 1. The number of carbonyl (C=O) groups is 1. The first-order valence-electron chi connectivity index (χ1n) is 5.97. The van der Waals surface area contributed by atoms with Crippen molar-refractivity contribution in [3.8, 4) is 0 Å². The predicted octanol–water partition coefficient (Wildman–Crippen LogP) is 3.63. The predicted molar refractivity (Wildman–Crippen MR) is 81.7 cm³/mol. The minimum atomic E-state index is -0.489. The number of aromatic nitrogens is 1. The summed E-state index contributed by atoms with van der Waals surface area (Å²) in [6, 6.07) is 11.3. The molecular formula is C14H14BrN3O2. The molecule has 6 heteroatoms. The van der Waals surface area contributed by atoms with E-state index in [1.165, 1.54) is 7.11 Å². The van der Waals surface area contributed by atoms with Gasteiger partial charge in [0.1, 0.15) is 0 Å². The van der Waals surface area contributed by atoms with Crippen LogP contribution in [0.4, 0.5) is 16.2 Å². The van der Waals surface area contributed by atoms with Crippen molar-refractivity contribution in [2.24, 2.45) is 0 Å². The number of hydrogen-bond acceptors (Lipinski definition) is 4. The molecule has 2 N–H and O–H groups in total. The van der Waals surface area contributed by atoms with Crippen molar-refractivity contribution in [1.29, 1.82) is 0 Å². The van der Waals surface area contributed by atoms with Crippen molar-refractivity contribution in [1.82, 2.24) is 4.98 Å². The third kappa shape index (κ3) is 4.24. The first kappa shape index (κ1) is 14.3. The second-order valence-electron chi connectivity index (χ2n) is 4.02. The Hall–Kier alpha value is -2.08. The number of carbonyl (C=O) groups excluding carboxylic acids is 1. The lowest BCUT2D eigenvalue weighted by atomic mass is 10.2. The van der Waals surface area contributed by atoms with E-state index >= 15 is 0 Å². The Morgan fingerprint density at radius 2 is 2.10 bits per heavy atom. The van der Waals surface area contributed by atoms with Crippen LogP contribution in [0, 0.1) is 0 Å². The molecule has 20 heavy (non-hydrogen) atoms. The van der Waals surface area contributed by atoms with Crippen molar-refractivity contribution in [2.45, 2.75) is 6.54 Å². The third-order valence-electron chi connectivity index (χ3n) is 2.56. The van der Waals surface area contributed by atoms with E-state index in [4.69, 9.17) is 0 Å². The molecule has 104 valence electrons. The fraction of sp³-hybridized carbons (Fsp3) is 0.143. The zero-order valence-corrected chi connectivity index (χ0v) is 12.5. The van der Waals surface area contributed by atoms with Gasteiger partial charge in [0.25, 0.3) is 0 Å². The molecule has 0 unspecified atom stereocenters. The highest BCUT2D eigenvalue weighted by atomic mass is 79.9. The minimum Gasteiger partial charge on any atom is -0.453 e. The van der Waals surface area contributed by atoms with E-state index in [1.54, 1.807) is 12.3 Å². The highest BCUT2D eigenvalue weighted by molar-refractivity contribution is 9.10. The van der Waals surface area contributed by atoms with E-state index in [2.05, 4.69) is 36.3 Å². The lowest BCUT2D eigenvalue weighted by molar-refractivity contribution is 0.187. The fourth-order valence-electron chi connectivity index (χ4n) is 1.58. The second-order valence-corrected chi connectivity index (χ2v) is 4.93. The first-order valence-corrected chi connectivity index (χ1v) is 6.76. The largest absolute Gasteiger partial charge is 0.453 e. The zero-order valence-electron chi connectivity index (χ0n) is 10.9. The molecule has 0 bridgehead atoms. The molecule has 0 aliphatic heterocycles. The van der Waals surface area contributed by atoms with Crippen LogP contribution in [0.3, 0.4) is 0 Å². The molecule has 0 aliphatic rings. The van der Waals surface area contributed by atoms with Crippen molar-refractivity contribution >= 4 is 33.4 Å². The van der Waals surface area contributed by atoms with Gasteiger partial charge < -0.3 is 10.1 Å². The molecule has 2 rings (SSSR count). The summed E-state index contributed by atoms with van der Waals surface area (Å²) in [5, 5.41) is 5.86. The van der Waals surface area contributed by atoms with Crippen molar-refractivity contribution in [3.05, 3.63) is 52.8 Å². The molecule has 1 aromatic carbocycles. The molecular weight excluding hydrogens is 322 g/mol. The van der Waals surface area contributed by atoms with Crippen molar-refractivity contribution < 1.29 is 9.53 Å². The maximum atomic E-state index is 11.1. The monoisotopic (exact) mass is 335 g/mol. The van der Waals surface area contributed by atoms with Crippen LogP contribution in [-0.2, 0) is 11.3 Å². The maximum absolute atomic E-state index is 11.1. The van der Waals surface area contributed by atoms with Gasteiger partial charge in [-0.1, -0.05) is 6.07 Å². The third-order valence-corrected chi connectivity index (χ3v) is 3.03. The normalized spacial score (nSPS) is 9.90. The highest BCUT2D eigenvalue weighted by Crippen LogP contribution is 2.16. The number of halogens is 1. The van der Waals surface area contributed by atoms with Crippen LogP contribution < -0.4 is 10.6 Å². The van der Waals surface area contributed by atoms with Crippen LogP contribution in [0.25, 0.3) is 0 Å². The number of rotatable bonds is 4. The van der Waals surface area contributed by atoms with E-state index in [0.29, 0.717) is 12.2 Å². The second kappa shape index (κ2) is 6.91. The topological polar surface area (TPSA) is 63.2 Å². The molecule has 2 aromatic rings. The number of pyridine rings is 1. The number of hydrogen-bond donors (Lipinski definition) is 2. The molecule has 0 saturated carbocycles. The maximum Gasteiger partial charge on any atom is 0.411 e. The number of methoxy groups -OCH3 is 1. The summed E-state index contributed by atoms with van der Waals surface area (Å²) in [7, 11) is 1.33. The molecule has 5 nitrogen and oxygen atoms in total. The Kier molecular flexibility index (Phi) is 4.95. The molecule has 0 aliphatic carbocycles. The lowest BCUT2D eigenvalue weighted by Crippen LogP contribution is -2.11. The van der Waals surface area contributed by atoms with Crippen LogP contribution in [0.1, 0.15) is 5.69 Å². The standard InChI is InChI=1S/C14H14BrN3O2/c1-20-14(19)18-12-4-2-3-11(7-12)17-9-13-6-5-10(15)8-16-13/h2-8,17H,9H2,1H3,(H,18,19). The Morgan fingerprint density at radius 1 is 1.30 bits per heavy atom. The van der Waals surface area contributed by atoms with Gasteiger partial charge in [-0.3, -0.25) is 10.3 Å². The number of nitrogens with zero attached hydrogens (tertiary/aromatic N) is 1. The quantitative estimate of drug-likeness (QED) is 0.895. The summed E-state index contributed by atoms with van der Waals surface area (Å²) in [4.78, 5) is 15.4. The van der Waals surface area contributed by atoms with E-state index in [-0.39, 0.29) is 0 Å². The molecule has 0 spiro atoms. The van der Waals surface area contributed by atoms with E-state index < -0.39 is 6.09 Å². The van der Waals surface area contributed by atoms with Crippen LogP contribution >= 0.6 is 15.9 Å². The zero-order chi connectivity index (χ0) is 14.4. The van der Waals surface area contributed by atoms with Crippen molar-refractivity contribution in [3.63, 3.8) is 0 Å². The van der Waals surface area contributed by atoms with Crippen LogP contribution in [-0.4, -0.2) is 18.2 Å². The molecule has 0 radical (unpaired) electrons. The van der Waals surface area contributed by atoms with E-state index in [9.17, 15) is 4.79 Å². The summed E-state index contributed by atoms with van der Waals surface area (Å²) in [5.41, 5.74) is 2.49. The Morgan fingerprint density at radius 3 is 2.80 bits per heavy atom. The fourth-order valence-corrected chi connectivity index (χ4v) is 1.81. The van der Waals surface area contributed by atoms with Crippen LogP contribution in [0.15, 0.2) is 47.1 Å². The lowest BCUT2D eigenvalue weighted by Gasteiger charge is -2.08. The van der Waals surface area contributed by atoms with Gasteiger partial charge in [0.05, 0.1) is 19.3 Å². The van der Waals surface area contributed by atoms with Gasteiger partial charge in [0, 0.05) is 22.0 Å². The van der Waals surface area contributed by atoms with Gasteiger partial charge in [-0.05, 0) is 46.3 Å². The number of anilines is 2. The number of nitrogens with one attached hydrogen (secondary N) is 2. The Balaban J connectivity index is 1.97. The van der Waals surface area contributed by atoms with Crippen LogP contribution in [0.5, 0.6) is 0 Å². The van der Waals surface area contributed by atoms with Gasteiger partial charge >= 0.3 is 6.09 Å².